The van der Waals surface area contributed by atoms with Crippen LogP contribution in [0.15, 0.2) is 24.3 Å². The highest BCUT2D eigenvalue weighted by molar-refractivity contribution is 5.34. The van der Waals surface area contributed by atoms with Crippen LogP contribution in [-0.4, -0.2) is 19.3 Å². The van der Waals surface area contributed by atoms with Gasteiger partial charge in [0.25, 0.3) is 0 Å². The van der Waals surface area contributed by atoms with Gasteiger partial charge >= 0.3 is 0 Å². The number of methoxy groups -OCH3 is 1. The highest BCUT2D eigenvalue weighted by Crippen LogP contribution is 2.33. The van der Waals surface area contributed by atoms with Crippen molar-refractivity contribution in [3.63, 3.8) is 0 Å². The minimum Gasteiger partial charge on any atom is -0.496 e. The minimum atomic E-state index is 0.0641. The van der Waals surface area contributed by atoms with Gasteiger partial charge in [-0.3, -0.25) is 0 Å². The number of epoxide rings is 1. The SMILES string of the molecule is COc1ccccc1CC1(C)CO1. The van der Waals surface area contributed by atoms with Crippen LogP contribution in [0.3, 0.4) is 0 Å². The molecule has 0 N–H and O–H groups in total. The third-order valence-corrected chi connectivity index (χ3v) is 2.39. The first kappa shape index (κ1) is 8.57. The Balaban J connectivity index is 2.18. The van der Waals surface area contributed by atoms with Crippen LogP contribution in [0.1, 0.15) is 12.5 Å². The van der Waals surface area contributed by atoms with Gasteiger partial charge in [0.2, 0.25) is 0 Å². The lowest BCUT2D eigenvalue weighted by atomic mass is 10.0. The topological polar surface area (TPSA) is 21.8 Å². The van der Waals surface area contributed by atoms with Crippen molar-refractivity contribution in [2.45, 2.75) is 18.9 Å². The second-order valence-electron chi connectivity index (χ2n) is 3.73. The van der Waals surface area contributed by atoms with E-state index in [-0.39, 0.29) is 5.60 Å². The summed E-state index contributed by atoms with van der Waals surface area (Å²) in [5, 5.41) is 0. The van der Waals surface area contributed by atoms with Crippen LogP contribution in [-0.2, 0) is 11.2 Å². The number of benzene rings is 1. The Morgan fingerprint density at radius 2 is 2.15 bits per heavy atom. The Morgan fingerprint density at radius 3 is 2.77 bits per heavy atom. The van der Waals surface area contributed by atoms with Crippen LogP contribution < -0.4 is 4.74 Å². The average Bonchev–Trinajstić information content (AvgIpc) is 2.84. The molecular formula is C11H14O2. The molecule has 0 radical (unpaired) electrons. The summed E-state index contributed by atoms with van der Waals surface area (Å²) >= 11 is 0. The third kappa shape index (κ3) is 1.83. The van der Waals surface area contributed by atoms with Crippen molar-refractivity contribution in [2.24, 2.45) is 0 Å². The van der Waals surface area contributed by atoms with Crippen LogP contribution in [0.25, 0.3) is 0 Å². The lowest BCUT2D eigenvalue weighted by Gasteiger charge is -2.09. The zero-order chi connectivity index (χ0) is 9.31. The van der Waals surface area contributed by atoms with Crippen LogP contribution in [0, 0.1) is 0 Å². The van der Waals surface area contributed by atoms with Crippen molar-refractivity contribution in [1.29, 1.82) is 0 Å². The lowest BCUT2D eigenvalue weighted by molar-refractivity contribution is 0.318. The molecule has 1 aliphatic rings. The summed E-state index contributed by atoms with van der Waals surface area (Å²) in [6, 6.07) is 8.09. The van der Waals surface area contributed by atoms with Crippen molar-refractivity contribution in [3.8, 4) is 5.75 Å². The van der Waals surface area contributed by atoms with Crippen LogP contribution in [0.4, 0.5) is 0 Å². The predicted octanol–water partition coefficient (Wildman–Crippen LogP) is 2.03. The summed E-state index contributed by atoms with van der Waals surface area (Å²) in [5.41, 5.74) is 1.29. The summed E-state index contributed by atoms with van der Waals surface area (Å²) in [4.78, 5) is 0. The molecule has 1 heterocycles. The van der Waals surface area contributed by atoms with Crippen LogP contribution in [0.2, 0.25) is 0 Å². The van der Waals surface area contributed by atoms with Gasteiger partial charge < -0.3 is 9.47 Å². The van der Waals surface area contributed by atoms with Gasteiger partial charge in [0, 0.05) is 6.42 Å². The second-order valence-corrected chi connectivity index (χ2v) is 3.73. The number of rotatable bonds is 3. The molecule has 1 unspecified atom stereocenters. The maximum atomic E-state index is 5.34. The Labute approximate surface area is 78.5 Å². The van der Waals surface area contributed by atoms with E-state index in [2.05, 4.69) is 13.0 Å². The smallest absolute Gasteiger partial charge is 0.122 e. The van der Waals surface area contributed by atoms with E-state index in [1.54, 1.807) is 7.11 Å². The van der Waals surface area contributed by atoms with Crippen molar-refractivity contribution < 1.29 is 9.47 Å². The van der Waals surface area contributed by atoms with Gasteiger partial charge in [0.1, 0.15) is 5.75 Å². The standard InChI is InChI=1S/C11H14O2/c1-11(8-13-11)7-9-5-3-4-6-10(9)12-2/h3-6H,7-8H2,1-2H3. The summed E-state index contributed by atoms with van der Waals surface area (Å²) in [6.07, 6.45) is 0.941. The van der Waals surface area contributed by atoms with Crippen molar-refractivity contribution in [2.75, 3.05) is 13.7 Å². The van der Waals surface area contributed by atoms with E-state index in [1.165, 1.54) is 5.56 Å². The molecule has 2 rings (SSSR count). The molecule has 1 aromatic carbocycles. The molecule has 0 aromatic heterocycles. The first-order valence-electron chi connectivity index (χ1n) is 4.49. The Hall–Kier alpha value is -1.02. The van der Waals surface area contributed by atoms with Crippen molar-refractivity contribution in [3.05, 3.63) is 29.8 Å². The molecule has 0 spiro atoms. The molecule has 1 fully saturated rings. The molecule has 2 nitrogen and oxygen atoms in total. The molecule has 1 saturated heterocycles. The monoisotopic (exact) mass is 178 g/mol. The molecule has 70 valence electrons. The fourth-order valence-corrected chi connectivity index (χ4v) is 1.48. The first-order valence-corrected chi connectivity index (χ1v) is 4.49. The highest BCUT2D eigenvalue weighted by atomic mass is 16.6. The first-order chi connectivity index (χ1) is 6.23. The summed E-state index contributed by atoms with van der Waals surface area (Å²) in [7, 11) is 1.70. The van der Waals surface area contributed by atoms with Crippen molar-refractivity contribution >= 4 is 0 Å². The van der Waals surface area contributed by atoms with Gasteiger partial charge in [-0.15, -0.1) is 0 Å². The maximum absolute atomic E-state index is 5.34. The fourth-order valence-electron chi connectivity index (χ4n) is 1.48. The van der Waals surface area contributed by atoms with Gasteiger partial charge in [-0.25, -0.2) is 0 Å². The van der Waals surface area contributed by atoms with E-state index in [9.17, 15) is 0 Å². The maximum Gasteiger partial charge on any atom is 0.122 e. The molecule has 0 bridgehead atoms. The molecule has 0 amide bonds. The zero-order valence-electron chi connectivity index (χ0n) is 8.04. The molecule has 1 atom stereocenters. The Morgan fingerprint density at radius 1 is 1.46 bits per heavy atom. The number of hydrogen-bond acceptors (Lipinski definition) is 2. The number of para-hydroxylation sites is 1. The van der Waals surface area contributed by atoms with E-state index in [0.717, 1.165) is 18.8 Å². The molecule has 13 heavy (non-hydrogen) atoms. The highest BCUT2D eigenvalue weighted by Gasteiger charge is 2.39. The normalized spacial score (nSPS) is 25.7. The summed E-state index contributed by atoms with van der Waals surface area (Å²) in [6.45, 7) is 2.99. The van der Waals surface area contributed by atoms with E-state index in [0.29, 0.717) is 0 Å². The molecule has 0 aliphatic carbocycles. The summed E-state index contributed by atoms with van der Waals surface area (Å²) in [5.74, 6) is 0.958. The van der Waals surface area contributed by atoms with E-state index >= 15 is 0 Å². The van der Waals surface area contributed by atoms with Crippen molar-refractivity contribution in [1.82, 2.24) is 0 Å². The fraction of sp³-hybridized carbons (Fsp3) is 0.455. The molecule has 0 saturated carbocycles. The number of ether oxygens (including phenoxy) is 2. The van der Waals surface area contributed by atoms with Gasteiger partial charge in [0.05, 0.1) is 19.3 Å². The average molecular weight is 178 g/mol. The zero-order valence-corrected chi connectivity index (χ0v) is 8.04. The minimum absolute atomic E-state index is 0.0641. The molecular weight excluding hydrogens is 164 g/mol. The second kappa shape index (κ2) is 3.04. The number of hydrogen-bond donors (Lipinski definition) is 0. The Bertz CT molecular complexity index is 303. The van der Waals surface area contributed by atoms with Gasteiger partial charge in [-0.2, -0.15) is 0 Å². The Kier molecular flexibility index (Phi) is 2.00. The van der Waals surface area contributed by atoms with E-state index in [1.807, 2.05) is 18.2 Å². The molecule has 1 aliphatic heterocycles. The van der Waals surface area contributed by atoms with Gasteiger partial charge in [0.15, 0.2) is 0 Å². The summed E-state index contributed by atoms with van der Waals surface area (Å²) < 4.78 is 10.6. The molecule has 1 aromatic rings. The van der Waals surface area contributed by atoms with Gasteiger partial charge in [-0.05, 0) is 18.6 Å². The van der Waals surface area contributed by atoms with Crippen LogP contribution in [0.5, 0.6) is 5.75 Å². The molecule has 2 heteroatoms. The third-order valence-electron chi connectivity index (χ3n) is 2.39. The van der Waals surface area contributed by atoms with Gasteiger partial charge in [-0.1, -0.05) is 18.2 Å². The largest absolute Gasteiger partial charge is 0.496 e. The predicted molar refractivity (Wildman–Crippen MR) is 51.1 cm³/mol. The van der Waals surface area contributed by atoms with E-state index < -0.39 is 0 Å². The van der Waals surface area contributed by atoms with Crippen LogP contribution >= 0.6 is 0 Å². The lowest BCUT2D eigenvalue weighted by Crippen LogP contribution is -2.09. The van der Waals surface area contributed by atoms with E-state index in [4.69, 9.17) is 9.47 Å². The quantitative estimate of drug-likeness (QED) is 0.660.